The molecule has 0 aliphatic carbocycles. The third-order valence-electron chi connectivity index (χ3n) is 6.57. The lowest BCUT2D eigenvalue weighted by molar-refractivity contribution is -0.138. The van der Waals surface area contributed by atoms with Crippen molar-refractivity contribution in [2.45, 2.75) is 51.7 Å². The molecule has 9 heteroatoms. The molecule has 0 radical (unpaired) electrons. The number of anilines is 1. The van der Waals surface area contributed by atoms with Gasteiger partial charge in [0.05, 0.1) is 5.56 Å². The van der Waals surface area contributed by atoms with E-state index < -0.39 is 11.7 Å². The Labute approximate surface area is 187 Å². The van der Waals surface area contributed by atoms with E-state index in [2.05, 4.69) is 5.32 Å². The SMILES string of the molecule is CCC(CC)C(=O)N1CCC(NC(=O)N2CCN(c3cccc(C(F)(F)F)c3)CC2)CC1. The van der Waals surface area contributed by atoms with Gasteiger partial charge in [0, 0.05) is 56.9 Å². The van der Waals surface area contributed by atoms with Gasteiger partial charge in [-0.15, -0.1) is 0 Å². The van der Waals surface area contributed by atoms with Crippen molar-refractivity contribution < 1.29 is 22.8 Å². The summed E-state index contributed by atoms with van der Waals surface area (Å²) in [5, 5.41) is 3.07. The fraction of sp³-hybridized carbons (Fsp3) is 0.652. The van der Waals surface area contributed by atoms with E-state index >= 15 is 0 Å². The Balaban J connectivity index is 1.45. The molecule has 2 saturated heterocycles. The molecule has 0 bridgehead atoms. The van der Waals surface area contributed by atoms with Gasteiger partial charge in [0.1, 0.15) is 0 Å². The Morgan fingerprint density at radius 2 is 1.62 bits per heavy atom. The van der Waals surface area contributed by atoms with Gasteiger partial charge in [0.2, 0.25) is 5.91 Å². The van der Waals surface area contributed by atoms with Crippen LogP contribution in [0.15, 0.2) is 24.3 Å². The molecule has 6 nitrogen and oxygen atoms in total. The fourth-order valence-electron chi connectivity index (χ4n) is 4.45. The molecule has 2 aliphatic rings. The Morgan fingerprint density at radius 1 is 1.00 bits per heavy atom. The van der Waals surface area contributed by atoms with Crippen molar-refractivity contribution in [2.75, 3.05) is 44.2 Å². The number of hydrogen-bond acceptors (Lipinski definition) is 3. The zero-order valence-electron chi connectivity index (χ0n) is 18.8. The number of benzene rings is 1. The zero-order valence-corrected chi connectivity index (χ0v) is 18.8. The van der Waals surface area contributed by atoms with Crippen LogP contribution < -0.4 is 10.2 Å². The molecule has 1 N–H and O–H groups in total. The molecule has 0 unspecified atom stereocenters. The highest BCUT2D eigenvalue weighted by molar-refractivity contribution is 5.79. The summed E-state index contributed by atoms with van der Waals surface area (Å²) < 4.78 is 38.9. The maximum atomic E-state index is 13.0. The van der Waals surface area contributed by atoms with E-state index in [1.54, 1.807) is 11.0 Å². The number of urea groups is 1. The monoisotopic (exact) mass is 454 g/mol. The summed E-state index contributed by atoms with van der Waals surface area (Å²) in [5.74, 6) is 0.291. The second-order valence-corrected chi connectivity index (χ2v) is 8.58. The smallest absolute Gasteiger partial charge is 0.368 e. The summed E-state index contributed by atoms with van der Waals surface area (Å²) in [5.41, 5.74) is -0.140. The third kappa shape index (κ3) is 5.86. The van der Waals surface area contributed by atoms with Crippen LogP contribution in [0.2, 0.25) is 0 Å². The second kappa shape index (κ2) is 10.4. The highest BCUT2D eigenvalue weighted by Crippen LogP contribution is 2.32. The predicted molar refractivity (Wildman–Crippen MR) is 117 cm³/mol. The average Bonchev–Trinajstić information content (AvgIpc) is 2.80. The third-order valence-corrected chi connectivity index (χ3v) is 6.57. The number of hydrogen-bond donors (Lipinski definition) is 1. The Morgan fingerprint density at radius 3 is 2.19 bits per heavy atom. The van der Waals surface area contributed by atoms with Crippen LogP contribution in [-0.4, -0.2) is 67.0 Å². The van der Waals surface area contributed by atoms with Crippen LogP contribution in [0.25, 0.3) is 0 Å². The van der Waals surface area contributed by atoms with Gasteiger partial charge >= 0.3 is 12.2 Å². The summed E-state index contributed by atoms with van der Waals surface area (Å²) in [4.78, 5) is 30.7. The first-order valence-corrected chi connectivity index (χ1v) is 11.5. The molecule has 1 aromatic rings. The van der Waals surface area contributed by atoms with Gasteiger partial charge in [-0.25, -0.2) is 4.79 Å². The van der Waals surface area contributed by atoms with Crippen LogP contribution in [-0.2, 0) is 11.0 Å². The van der Waals surface area contributed by atoms with Gasteiger partial charge in [-0.1, -0.05) is 19.9 Å². The highest BCUT2D eigenvalue weighted by atomic mass is 19.4. The standard InChI is InChI=1S/C23H33F3N4O2/c1-3-17(4-2)21(31)29-10-8-19(9-11-29)27-22(32)30-14-12-28(13-15-30)20-7-5-6-18(16-20)23(24,25)26/h5-7,16-17,19H,3-4,8-15H2,1-2H3,(H,27,32). The van der Waals surface area contributed by atoms with Crippen LogP contribution >= 0.6 is 0 Å². The van der Waals surface area contributed by atoms with E-state index in [9.17, 15) is 22.8 Å². The van der Waals surface area contributed by atoms with Gasteiger partial charge in [-0.05, 0) is 43.9 Å². The van der Waals surface area contributed by atoms with Crippen molar-refractivity contribution in [3.05, 3.63) is 29.8 Å². The topological polar surface area (TPSA) is 55.9 Å². The number of likely N-dealkylation sites (tertiary alicyclic amines) is 1. The molecule has 2 aliphatic heterocycles. The van der Waals surface area contributed by atoms with Gasteiger partial charge < -0.3 is 20.0 Å². The minimum atomic E-state index is -4.37. The van der Waals surface area contributed by atoms with Crippen LogP contribution in [0.3, 0.4) is 0 Å². The summed E-state index contributed by atoms with van der Waals surface area (Å²) in [7, 11) is 0. The summed E-state index contributed by atoms with van der Waals surface area (Å²) in [6.45, 7) is 7.25. The largest absolute Gasteiger partial charge is 0.416 e. The predicted octanol–water partition coefficient (Wildman–Crippen LogP) is 3.96. The number of nitrogens with one attached hydrogen (secondary N) is 1. The molecule has 178 valence electrons. The molecule has 0 saturated carbocycles. The number of carbonyl (C=O) groups is 2. The first-order chi connectivity index (χ1) is 15.2. The number of piperidine rings is 1. The van der Waals surface area contributed by atoms with E-state index in [0.29, 0.717) is 45.0 Å². The van der Waals surface area contributed by atoms with Crippen molar-refractivity contribution in [1.82, 2.24) is 15.1 Å². The minimum absolute atomic E-state index is 0.0368. The van der Waals surface area contributed by atoms with Crippen LogP contribution in [0.5, 0.6) is 0 Å². The second-order valence-electron chi connectivity index (χ2n) is 8.58. The quantitative estimate of drug-likeness (QED) is 0.733. The van der Waals surface area contributed by atoms with Crippen LogP contribution in [0, 0.1) is 5.92 Å². The first-order valence-electron chi connectivity index (χ1n) is 11.5. The van der Waals surface area contributed by atoms with Crippen LogP contribution in [0.4, 0.5) is 23.7 Å². The fourth-order valence-corrected chi connectivity index (χ4v) is 4.45. The Kier molecular flexibility index (Phi) is 7.90. The number of piperazine rings is 1. The summed E-state index contributed by atoms with van der Waals surface area (Å²) in [6, 6.07) is 5.20. The molecule has 3 amide bonds. The van der Waals surface area contributed by atoms with Crippen molar-refractivity contribution in [3.63, 3.8) is 0 Å². The first kappa shape index (κ1) is 24.2. The summed E-state index contributed by atoms with van der Waals surface area (Å²) in [6.07, 6.45) is -1.20. The molecule has 32 heavy (non-hydrogen) atoms. The number of halogens is 3. The van der Waals surface area contributed by atoms with Gasteiger partial charge in [0.25, 0.3) is 0 Å². The zero-order chi connectivity index (χ0) is 23.3. The molecule has 3 rings (SSSR count). The lowest BCUT2D eigenvalue weighted by Gasteiger charge is -2.38. The van der Waals surface area contributed by atoms with Gasteiger partial charge in [0.15, 0.2) is 0 Å². The van der Waals surface area contributed by atoms with E-state index in [-0.39, 0.29) is 23.9 Å². The number of rotatable bonds is 5. The molecule has 0 atom stereocenters. The maximum absolute atomic E-state index is 13.0. The van der Waals surface area contributed by atoms with Gasteiger partial charge in [-0.3, -0.25) is 4.79 Å². The summed E-state index contributed by atoms with van der Waals surface area (Å²) >= 11 is 0. The number of carbonyl (C=O) groups excluding carboxylic acids is 2. The molecule has 0 aromatic heterocycles. The van der Waals surface area contributed by atoms with Crippen molar-refractivity contribution in [3.8, 4) is 0 Å². The van der Waals surface area contributed by atoms with Crippen LogP contribution in [0.1, 0.15) is 45.1 Å². The van der Waals surface area contributed by atoms with E-state index in [1.165, 1.54) is 6.07 Å². The molecular weight excluding hydrogens is 421 g/mol. The number of alkyl halides is 3. The number of nitrogens with zero attached hydrogens (tertiary/aromatic N) is 3. The lowest BCUT2D eigenvalue weighted by atomic mass is 9.98. The van der Waals surface area contributed by atoms with Crippen molar-refractivity contribution in [2.24, 2.45) is 5.92 Å². The van der Waals surface area contributed by atoms with E-state index in [4.69, 9.17) is 0 Å². The molecule has 0 spiro atoms. The molecular formula is C23H33F3N4O2. The molecule has 2 heterocycles. The van der Waals surface area contributed by atoms with Crippen molar-refractivity contribution >= 4 is 17.6 Å². The maximum Gasteiger partial charge on any atom is 0.416 e. The normalized spacial score (nSPS) is 18.2. The molecule has 2 fully saturated rings. The van der Waals surface area contributed by atoms with Crippen molar-refractivity contribution in [1.29, 1.82) is 0 Å². The number of amides is 3. The lowest BCUT2D eigenvalue weighted by Crippen LogP contribution is -2.55. The Bertz CT molecular complexity index is 782. The molecule has 1 aromatic carbocycles. The Hall–Kier alpha value is -2.45. The minimum Gasteiger partial charge on any atom is -0.368 e. The van der Waals surface area contributed by atoms with E-state index in [0.717, 1.165) is 37.8 Å². The van der Waals surface area contributed by atoms with Gasteiger partial charge in [-0.2, -0.15) is 13.2 Å². The highest BCUT2D eigenvalue weighted by Gasteiger charge is 2.32. The van der Waals surface area contributed by atoms with E-state index in [1.807, 2.05) is 23.6 Å². The average molecular weight is 455 g/mol.